The Bertz CT molecular complexity index is 1090. The molecule has 0 amide bonds. The summed E-state index contributed by atoms with van der Waals surface area (Å²) in [5.41, 5.74) is 11.0. The zero-order valence-corrected chi connectivity index (χ0v) is 14.9. The number of anilines is 1. The zero-order chi connectivity index (χ0) is 18.7. The number of aromatic nitrogens is 2. The van der Waals surface area contributed by atoms with Gasteiger partial charge in [-0.15, -0.1) is 0 Å². The molecule has 2 N–H and O–H groups in total. The fourth-order valence-corrected chi connectivity index (χ4v) is 4.12. The minimum absolute atomic E-state index is 0.342. The van der Waals surface area contributed by atoms with Crippen molar-refractivity contribution < 1.29 is 9.18 Å². The van der Waals surface area contributed by atoms with Gasteiger partial charge in [0.05, 0.1) is 17.3 Å². The molecule has 1 aliphatic carbocycles. The maximum absolute atomic E-state index is 14.5. The molecule has 1 saturated carbocycles. The first-order chi connectivity index (χ1) is 13.1. The normalized spacial score (nSPS) is 19.4. The Labute approximate surface area is 156 Å². The lowest BCUT2D eigenvalue weighted by Crippen LogP contribution is -2.25. The number of fused-ring (bicyclic) bond motifs is 2. The summed E-state index contributed by atoms with van der Waals surface area (Å²) in [5, 5.41) is 0.746. The van der Waals surface area contributed by atoms with Gasteiger partial charge in [0.1, 0.15) is 6.29 Å². The van der Waals surface area contributed by atoms with Crippen molar-refractivity contribution >= 4 is 22.9 Å². The molecule has 0 saturated heterocycles. The van der Waals surface area contributed by atoms with Crippen molar-refractivity contribution in [3.63, 3.8) is 0 Å². The summed E-state index contributed by atoms with van der Waals surface area (Å²) in [6, 6.07) is 9.14. The van der Waals surface area contributed by atoms with Crippen LogP contribution in [-0.4, -0.2) is 27.2 Å². The molecule has 1 aromatic carbocycles. The van der Waals surface area contributed by atoms with Crippen LogP contribution in [0.4, 0.5) is 10.1 Å². The van der Waals surface area contributed by atoms with Crippen LogP contribution < -0.4 is 5.73 Å². The summed E-state index contributed by atoms with van der Waals surface area (Å²) in [4.78, 5) is 22.7. The largest absolute Gasteiger partial charge is 0.398 e. The van der Waals surface area contributed by atoms with E-state index in [-0.39, 0.29) is 6.04 Å². The van der Waals surface area contributed by atoms with Gasteiger partial charge in [-0.3, -0.25) is 9.88 Å². The molecule has 5 rings (SSSR count). The molecule has 1 fully saturated rings. The number of nitrogen functional groups attached to an aromatic ring is 1. The van der Waals surface area contributed by atoms with Crippen LogP contribution in [0.3, 0.4) is 0 Å². The van der Waals surface area contributed by atoms with Crippen molar-refractivity contribution in [1.29, 1.82) is 0 Å². The van der Waals surface area contributed by atoms with Crippen molar-refractivity contribution in [3.8, 4) is 11.1 Å². The predicted molar refractivity (Wildman–Crippen MR) is 101 cm³/mol. The van der Waals surface area contributed by atoms with Crippen molar-refractivity contribution in [2.75, 3.05) is 5.73 Å². The van der Waals surface area contributed by atoms with Crippen molar-refractivity contribution in [1.82, 2.24) is 14.9 Å². The van der Waals surface area contributed by atoms with Crippen LogP contribution in [-0.2, 0) is 11.3 Å². The summed E-state index contributed by atoms with van der Waals surface area (Å²) in [6.07, 6.45) is 3.16. The van der Waals surface area contributed by atoms with Gasteiger partial charge in [-0.1, -0.05) is 18.2 Å². The molecule has 1 unspecified atom stereocenters. The van der Waals surface area contributed by atoms with Crippen LogP contribution in [0.15, 0.2) is 30.3 Å². The molecule has 1 aliphatic heterocycles. The Balaban J connectivity index is 1.74. The summed E-state index contributed by atoms with van der Waals surface area (Å²) in [5.74, 6) is -0.520. The molecule has 1 atom stereocenters. The van der Waals surface area contributed by atoms with Gasteiger partial charge in [0.15, 0.2) is 0 Å². The maximum Gasteiger partial charge on any atom is 0.221 e. The van der Waals surface area contributed by atoms with Gasteiger partial charge in [-0.25, -0.2) is 4.98 Å². The average molecular weight is 362 g/mol. The minimum Gasteiger partial charge on any atom is -0.398 e. The summed E-state index contributed by atoms with van der Waals surface area (Å²) >= 11 is 0. The van der Waals surface area contributed by atoms with E-state index < -0.39 is 5.95 Å². The van der Waals surface area contributed by atoms with Crippen LogP contribution in [0, 0.1) is 12.9 Å². The molecule has 0 spiro atoms. The van der Waals surface area contributed by atoms with Crippen LogP contribution in [0.2, 0.25) is 0 Å². The van der Waals surface area contributed by atoms with Crippen LogP contribution >= 0.6 is 0 Å². The highest BCUT2D eigenvalue weighted by molar-refractivity contribution is 6.01. The van der Waals surface area contributed by atoms with Gasteiger partial charge in [-0.05, 0) is 31.9 Å². The summed E-state index contributed by atoms with van der Waals surface area (Å²) < 4.78 is 14.5. The average Bonchev–Trinajstić information content (AvgIpc) is 3.43. The van der Waals surface area contributed by atoms with E-state index in [1.165, 1.54) is 0 Å². The standard InChI is InChI=1S/C21H19FN4O/c1-11-5-8-14(21(22)24-11)13-3-2-4-15-19(23)18-16(25-20(13)15)9-26(12-6-7-12)17(18)10-27/h2-5,8,10,12,17H,6-7,9H2,1H3,(H2,23,25). The molecular weight excluding hydrogens is 343 g/mol. The number of rotatable bonds is 3. The quantitative estimate of drug-likeness (QED) is 0.570. The molecule has 5 nitrogen and oxygen atoms in total. The van der Waals surface area contributed by atoms with Crippen LogP contribution in [0.5, 0.6) is 0 Å². The van der Waals surface area contributed by atoms with E-state index in [0.717, 1.165) is 35.8 Å². The Morgan fingerprint density at radius 2 is 2.00 bits per heavy atom. The second kappa shape index (κ2) is 5.82. The third-order valence-corrected chi connectivity index (χ3v) is 5.58. The SMILES string of the molecule is Cc1ccc(-c2cccc3c(N)c4c(nc23)CN(C2CC2)C4C=O)c(F)n1. The Hall–Kier alpha value is -2.86. The van der Waals surface area contributed by atoms with E-state index in [1.54, 1.807) is 19.1 Å². The molecule has 6 heteroatoms. The lowest BCUT2D eigenvalue weighted by molar-refractivity contribution is -0.112. The molecule has 2 aromatic heterocycles. The van der Waals surface area contributed by atoms with Gasteiger partial charge in [0.2, 0.25) is 5.95 Å². The number of carbonyl (C=O) groups is 1. The third-order valence-electron chi connectivity index (χ3n) is 5.58. The predicted octanol–water partition coefficient (Wildman–Crippen LogP) is 3.54. The lowest BCUT2D eigenvalue weighted by Gasteiger charge is -2.19. The number of hydrogen-bond acceptors (Lipinski definition) is 5. The number of halogens is 1. The van der Waals surface area contributed by atoms with E-state index in [4.69, 9.17) is 10.7 Å². The monoisotopic (exact) mass is 362 g/mol. The van der Waals surface area contributed by atoms with Crippen molar-refractivity contribution in [3.05, 3.63) is 53.2 Å². The molecule has 3 aromatic rings. The smallest absolute Gasteiger partial charge is 0.221 e. The number of aldehydes is 1. The first-order valence-corrected chi connectivity index (χ1v) is 9.14. The van der Waals surface area contributed by atoms with Crippen molar-refractivity contribution in [2.45, 2.75) is 38.4 Å². The van der Waals surface area contributed by atoms with Crippen LogP contribution in [0.1, 0.15) is 35.8 Å². The fraction of sp³-hybridized carbons (Fsp3) is 0.286. The number of aryl methyl sites for hydroxylation is 1. The second-order valence-corrected chi connectivity index (χ2v) is 7.36. The van der Waals surface area contributed by atoms with Gasteiger partial charge in [-0.2, -0.15) is 4.39 Å². The third kappa shape index (κ3) is 2.44. The van der Waals surface area contributed by atoms with E-state index in [1.807, 2.05) is 18.2 Å². The topological polar surface area (TPSA) is 72.1 Å². The Kier molecular flexibility index (Phi) is 3.52. The minimum atomic E-state index is -0.520. The van der Waals surface area contributed by atoms with Gasteiger partial charge < -0.3 is 10.5 Å². The summed E-state index contributed by atoms with van der Waals surface area (Å²) in [7, 11) is 0. The molecule has 2 aliphatic rings. The first-order valence-electron chi connectivity index (χ1n) is 9.14. The van der Waals surface area contributed by atoms with Crippen LogP contribution in [0.25, 0.3) is 22.0 Å². The number of hydrogen-bond donors (Lipinski definition) is 1. The lowest BCUT2D eigenvalue weighted by atomic mass is 9.98. The number of para-hydroxylation sites is 1. The van der Waals surface area contributed by atoms with Gasteiger partial charge >= 0.3 is 0 Å². The maximum atomic E-state index is 14.5. The van der Waals surface area contributed by atoms with Crippen molar-refractivity contribution in [2.24, 2.45) is 0 Å². The van der Waals surface area contributed by atoms with Gasteiger partial charge in [0.25, 0.3) is 0 Å². The highest BCUT2D eigenvalue weighted by Crippen LogP contribution is 2.45. The molecule has 0 bridgehead atoms. The molecule has 3 heterocycles. The summed E-state index contributed by atoms with van der Waals surface area (Å²) in [6.45, 7) is 2.36. The molecule has 27 heavy (non-hydrogen) atoms. The fourth-order valence-electron chi connectivity index (χ4n) is 4.12. The second-order valence-electron chi connectivity index (χ2n) is 7.36. The molecule has 136 valence electrons. The van der Waals surface area contributed by atoms with E-state index in [2.05, 4.69) is 9.88 Å². The zero-order valence-electron chi connectivity index (χ0n) is 14.9. The van der Waals surface area contributed by atoms with E-state index in [0.29, 0.717) is 40.6 Å². The molecular formula is C21H19FN4O. The number of carbonyl (C=O) groups excluding carboxylic acids is 1. The first kappa shape index (κ1) is 16.3. The molecule has 0 radical (unpaired) electrons. The Morgan fingerprint density at radius 3 is 2.70 bits per heavy atom. The van der Waals surface area contributed by atoms with E-state index in [9.17, 15) is 9.18 Å². The number of nitrogens with two attached hydrogens (primary N) is 1. The number of pyridine rings is 2. The number of nitrogens with zero attached hydrogens (tertiary/aromatic N) is 3. The highest BCUT2D eigenvalue weighted by Gasteiger charge is 2.42. The van der Waals surface area contributed by atoms with E-state index >= 15 is 0 Å². The number of benzene rings is 1. The van der Waals surface area contributed by atoms with Gasteiger partial charge in [0, 0.05) is 46.0 Å². The highest BCUT2D eigenvalue weighted by atomic mass is 19.1. The Morgan fingerprint density at radius 1 is 1.19 bits per heavy atom.